The molecule has 0 unspecified atom stereocenters. The Morgan fingerprint density at radius 1 is 1.33 bits per heavy atom. The van der Waals surface area contributed by atoms with Gasteiger partial charge in [0.25, 0.3) is 5.91 Å². The summed E-state index contributed by atoms with van der Waals surface area (Å²) in [6.07, 6.45) is 6.53. The smallest absolute Gasteiger partial charge is 0.257 e. The van der Waals surface area contributed by atoms with Crippen molar-refractivity contribution in [2.75, 3.05) is 13.1 Å². The minimum atomic E-state index is -0.0587. The molecule has 116 valence electrons. The van der Waals surface area contributed by atoms with Gasteiger partial charge in [-0.2, -0.15) is 0 Å². The second kappa shape index (κ2) is 7.46. The number of amides is 1. The summed E-state index contributed by atoms with van der Waals surface area (Å²) in [6.45, 7) is 3.19. The van der Waals surface area contributed by atoms with Crippen LogP contribution in [0.1, 0.15) is 54.4 Å². The van der Waals surface area contributed by atoms with Crippen LogP contribution in [-0.2, 0) is 0 Å². The van der Waals surface area contributed by atoms with Gasteiger partial charge in [-0.1, -0.05) is 30.9 Å². The van der Waals surface area contributed by atoms with Gasteiger partial charge >= 0.3 is 0 Å². The topological polar surface area (TPSA) is 66.6 Å². The van der Waals surface area contributed by atoms with Crippen LogP contribution in [0.5, 0.6) is 5.75 Å². The molecule has 1 aromatic rings. The van der Waals surface area contributed by atoms with Crippen LogP contribution in [0.3, 0.4) is 0 Å². The van der Waals surface area contributed by atoms with E-state index >= 15 is 0 Å². The molecular weight excluding hydrogens is 264 g/mol. The molecule has 1 fully saturated rings. The van der Waals surface area contributed by atoms with Gasteiger partial charge in [0.05, 0.1) is 5.56 Å². The molecule has 1 aliphatic carbocycles. The highest BCUT2D eigenvalue weighted by Gasteiger charge is 2.27. The molecule has 3 N–H and O–H groups in total. The van der Waals surface area contributed by atoms with E-state index < -0.39 is 0 Å². The third kappa shape index (κ3) is 3.97. The highest BCUT2D eigenvalue weighted by Crippen LogP contribution is 2.27. The number of rotatable bonds is 5. The van der Waals surface area contributed by atoms with Crippen LogP contribution in [0.25, 0.3) is 0 Å². The average Bonchev–Trinajstić information content (AvgIpc) is 2.51. The summed E-state index contributed by atoms with van der Waals surface area (Å²) in [7, 11) is 0. The van der Waals surface area contributed by atoms with Crippen molar-refractivity contribution in [2.45, 2.75) is 51.5 Å². The lowest BCUT2D eigenvalue weighted by atomic mass is 9.93. The van der Waals surface area contributed by atoms with Crippen LogP contribution >= 0.6 is 0 Å². The first-order chi connectivity index (χ1) is 10.1. The van der Waals surface area contributed by atoms with Crippen LogP contribution in [0.15, 0.2) is 18.2 Å². The molecule has 1 aliphatic rings. The molecule has 2 rings (SSSR count). The summed E-state index contributed by atoms with van der Waals surface area (Å²) < 4.78 is 0. The molecule has 4 nitrogen and oxygen atoms in total. The lowest BCUT2D eigenvalue weighted by molar-refractivity contribution is 0.0629. The van der Waals surface area contributed by atoms with E-state index in [1.165, 1.54) is 19.3 Å². The summed E-state index contributed by atoms with van der Waals surface area (Å²) in [5.74, 6) is 0.00991. The van der Waals surface area contributed by atoms with Crippen LogP contribution in [-0.4, -0.2) is 35.0 Å². The van der Waals surface area contributed by atoms with Gasteiger partial charge in [-0.25, -0.2) is 0 Å². The number of aromatic hydroxyl groups is 1. The number of hydrogen-bond donors (Lipinski definition) is 2. The molecule has 0 heterocycles. The van der Waals surface area contributed by atoms with E-state index in [9.17, 15) is 9.90 Å². The zero-order chi connectivity index (χ0) is 15.2. The van der Waals surface area contributed by atoms with Crippen molar-refractivity contribution >= 4 is 5.91 Å². The molecule has 1 saturated carbocycles. The van der Waals surface area contributed by atoms with E-state index in [0.29, 0.717) is 18.7 Å². The third-order valence-corrected chi connectivity index (χ3v) is 4.26. The maximum Gasteiger partial charge on any atom is 0.257 e. The zero-order valence-electron chi connectivity index (χ0n) is 12.8. The maximum absolute atomic E-state index is 12.8. The summed E-state index contributed by atoms with van der Waals surface area (Å²) in [4.78, 5) is 14.8. The minimum absolute atomic E-state index is 0.0587. The predicted molar refractivity (Wildman–Crippen MR) is 84.4 cm³/mol. The first-order valence-electron chi connectivity index (χ1n) is 7.94. The summed E-state index contributed by atoms with van der Waals surface area (Å²) in [5.41, 5.74) is 7.01. The average molecular weight is 290 g/mol. The Balaban J connectivity index is 2.21. The van der Waals surface area contributed by atoms with Crippen LogP contribution in [0, 0.1) is 6.92 Å². The molecule has 0 saturated heterocycles. The maximum atomic E-state index is 12.8. The summed E-state index contributed by atoms with van der Waals surface area (Å²) in [6, 6.07) is 5.48. The van der Waals surface area contributed by atoms with Gasteiger partial charge in [0.1, 0.15) is 5.75 Å². The quantitative estimate of drug-likeness (QED) is 0.876. The molecule has 1 amide bonds. The minimum Gasteiger partial charge on any atom is -0.507 e. The number of hydrogen-bond acceptors (Lipinski definition) is 3. The van der Waals surface area contributed by atoms with E-state index in [0.717, 1.165) is 24.8 Å². The first-order valence-corrected chi connectivity index (χ1v) is 7.94. The van der Waals surface area contributed by atoms with Gasteiger partial charge in [0.15, 0.2) is 0 Å². The number of phenols is 1. The second-order valence-electron chi connectivity index (χ2n) is 5.95. The normalized spacial score (nSPS) is 15.9. The van der Waals surface area contributed by atoms with E-state index in [4.69, 9.17) is 5.73 Å². The Bertz CT molecular complexity index is 482. The standard InChI is InChI=1S/C17H26N2O2/c1-13-8-9-16(20)15(12-13)17(21)19(11-5-10-18)14-6-3-2-4-7-14/h8-9,12,14,20H,2-7,10-11,18H2,1H3. The zero-order valence-corrected chi connectivity index (χ0v) is 12.8. The SMILES string of the molecule is Cc1ccc(O)c(C(=O)N(CCCN)C2CCCCC2)c1. The third-order valence-electron chi connectivity index (χ3n) is 4.26. The molecular formula is C17H26N2O2. The van der Waals surface area contributed by atoms with Gasteiger partial charge in [0.2, 0.25) is 0 Å². The Labute approximate surface area is 126 Å². The molecule has 1 aromatic carbocycles. The lowest BCUT2D eigenvalue weighted by Gasteiger charge is -2.34. The molecule has 0 bridgehead atoms. The van der Waals surface area contributed by atoms with Crippen molar-refractivity contribution in [1.29, 1.82) is 0 Å². The Morgan fingerprint density at radius 3 is 2.71 bits per heavy atom. The molecule has 0 radical (unpaired) electrons. The van der Waals surface area contributed by atoms with Gasteiger partial charge in [-0.3, -0.25) is 4.79 Å². The number of carbonyl (C=O) groups excluding carboxylic acids is 1. The van der Waals surface area contributed by atoms with E-state index in [1.54, 1.807) is 12.1 Å². The van der Waals surface area contributed by atoms with Crippen molar-refractivity contribution in [1.82, 2.24) is 4.90 Å². The van der Waals surface area contributed by atoms with Crippen LogP contribution in [0.2, 0.25) is 0 Å². The van der Waals surface area contributed by atoms with Gasteiger partial charge in [-0.15, -0.1) is 0 Å². The molecule has 0 aromatic heterocycles. The largest absolute Gasteiger partial charge is 0.507 e. The number of phenolic OH excluding ortho intramolecular Hbond substituents is 1. The lowest BCUT2D eigenvalue weighted by Crippen LogP contribution is -2.42. The summed E-state index contributed by atoms with van der Waals surface area (Å²) in [5, 5.41) is 10.0. The van der Waals surface area contributed by atoms with Crippen molar-refractivity contribution in [3.63, 3.8) is 0 Å². The fourth-order valence-corrected chi connectivity index (χ4v) is 3.08. The van der Waals surface area contributed by atoms with Gasteiger partial charge in [-0.05, 0) is 44.9 Å². The molecule has 0 atom stereocenters. The highest BCUT2D eigenvalue weighted by molar-refractivity contribution is 5.97. The molecule has 0 spiro atoms. The molecule has 21 heavy (non-hydrogen) atoms. The Hall–Kier alpha value is -1.55. The fraction of sp³-hybridized carbons (Fsp3) is 0.588. The number of benzene rings is 1. The van der Waals surface area contributed by atoms with Gasteiger partial charge in [0, 0.05) is 12.6 Å². The van der Waals surface area contributed by atoms with Crippen LogP contribution < -0.4 is 5.73 Å². The summed E-state index contributed by atoms with van der Waals surface area (Å²) >= 11 is 0. The van der Waals surface area contributed by atoms with E-state index in [1.807, 2.05) is 17.9 Å². The van der Waals surface area contributed by atoms with E-state index in [2.05, 4.69) is 0 Å². The fourth-order valence-electron chi connectivity index (χ4n) is 3.08. The van der Waals surface area contributed by atoms with Crippen molar-refractivity contribution < 1.29 is 9.90 Å². The predicted octanol–water partition coefficient (Wildman–Crippen LogP) is 2.82. The first kappa shape index (κ1) is 15.8. The number of aryl methyl sites for hydroxylation is 1. The Kier molecular flexibility index (Phi) is 5.62. The number of nitrogens with two attached hydrogens (primary N) is 1. The van der Waals surface area contributed by atoms with Gasteiger partial charge < -0.3 is 15.7 Å². The van der Waals surface area contributed by atoms with Crippen molar-refractivity contribution in [3.8, 4) is 5.75 Å². The van der Waals surface area contributed by atoms with Crippen molar-refractivity contribution in [2.24, 2.45) is 5.73 Å². The second-order valence-corrected chi connectivity index (χ2v) is 5.95. The number of nitrogens with zero attached hydrogens (tertiary/aromatic N) is 1. The molecule has 0 aliphatic heterocycles. The van der Waals surface area contributed by atoms with Crippen LogP contribution in [0.4, 0.5) is 0 Å². The van der Waals surface area contributed by atoms with E-state index in [-0.39, 0.29) is 17.7 Å². The monoisotopic (exact) mass is 290 g/mol. The van der Waals surface area contributed by atoms with Crippen molar-refractivity contribution in [3.05, 3.63) is 29.3 Å². The number of carbonyl (C=O) groups is 1. The molecule has 4 heteroatoms. The Morgan fingerprint density at radius 2 is 2.05 bits per heavy atom. The highest BCUT2D eigenvalue weighted by atomic mass is 16.3.